The second kappa shape index (κ2) is 6.75. The molecule has 0 atom stereocenters. The number of fused-ring (bicyclic) bond motifs is 1. The van der Waals surface area contributed by atoms with Crippen molar-refractivity contribution in [2.75, 3.05) is 7.05 Å². The lowest BCUT2D eigenvalue weighted by Crippen LogP contribution is -2.33. The maximum absolute atomic E-state index is 12.8. The predicted octanol–water partition coefficient (Wildman–Crippen LogP) is 1.98. The van der Waals surface area contributed by atoms with Crippen LogP contribution in [0.25, 0.3) is 11.7 Å². The number of carbonyl (C=O) groups is 1. The van der Waals surface area contributed by atoms with Crippen molar-refractivity contribution in [2.24, 2.45) is 0 Å². The molecule has 0 radical (unpaired) electrons. The molecule has 23 heavy (non-hydrogen) atoms. The standard InChI is InChI=1S/C17H22N4O2/c1-6-8-20-15(11-22)14(10-19(5)12(3)4)17(23)21-16(20)9-13(7-2)18-21/h6-7,9,11-12H,1-2,8,10H2,3-5H3. The highest BCUT2D eigenvalue weighted by Crippen LogP contribution is 2.14. The minimum atomic E-state index is -0.275. The average molecular weight is 314 g/mol. The van der Waals surface area contributed by atoms with Gasteiger partial charge in [0, 0.05) is 25.2 Å². The Kier molecular flexibility index (Phi) is 4.95. The zero-order chi connectivity index (χ0) is 17.1. The molecule has 0 saturated heterocycles. The number of hydrogen-bond acceptors (Lipinski definition) is 4. The largest absolute Gasteiger partial charge is 0.319 e. The third kappa shape index (κ3) is 3.03. The van der Waals surface area contributed by atoms with E-state index in [9.17, 15) is 9.59 Å². The van der Waals surface area contributed by atoms with E-state index in [1.807, 2.05) is 25.8 Å². The number of allylic oxidation sites excluding steroid dienone is 1. The fourth-order valence-electron chi connectivity index (χ4n) is 2.39. The normalized spacial score (nSPS) is 11.3. The Balaban J connectivity index is 2.81. The predicted molar refractivity (Wildman–Crippen MR) is 91.7 cm³/mol. The number of rotatable bonds is 7. The molecule has 2 rings (SSSR count). The van der Waals surface area contributed by atoms with Crippen molar-refractivity contribution in [3.8, 4) is 0 Å². The zero-order valence-corrected chi connectivity index (χ0v) is 13.8. The van der Waals surface area contributed by atoms with Gasteiger partial charge in [0.05, 0.1) is 17.0 Å². The second-order valence-corrected chi connectivity index (χ2v) is 5.74. The van der Waals surface area contributed by atoms with Crippen LogP contribution in [0.4, 0.5) is 0 Å². The van der Waals surface area contributed by atoms with Gasteiger partial charge in [-0.3, -0.25) is 14.5 Å². The topological polar surface area (TPSA) is 59.6 Å². The van der Waals surface area contributed by atoms with Crippen LogP contribution in [0, 0.1) is 0 Å². The molecule has 2 heterocycles. The maximum atomic E-state index is 12.8. The second-order valence-electron chi connectivity index (χ2n) is 5.74. The monoisotopic (exact) mass is 314 g/mol. The molecule has 0 fully saturated rings. The molecule has 0 spiro atoms. The first-order chi connectivity index (χ1) is 10.9. The van der Waals surface area contributed by atoms with Crippen molar-refractivity contribution >= 4 is 18.0 Å². The summed E-state index contributed by atoms with van der Waals surface area (Å²) >= 11 is 0. The number of hydrogen-bond donors (Lipinski definition) is 0. The molecule has 2 aromatic heterocycles. The molecule has 0 bridgehead atoms. The molecule has 0 aliphatic heterocycles. The molecule has 2 aromatic rings. The van der Waals surface area contributed by atoms with Gasteiger partial charge in [-0.05, 0) is 27.0 Å². The van der Waals surface area contributed by atoms with Crippen LogP contribution in [-0.2, 0) is 13.1 Å². The minimum absolute atomic E-state index is 0.249. The van der Waals surface area contributed by atoms with Gasteiger partial charge in [0.25, 0.3) is 5.56 Å². The minimum Gasteiger partial charge on any atom is -0.319 e. The van der Waals surface area contributed by atoms with Gasteiger partial charge in [-0.25, -0.2) is 0 Å². The van der Waals surface area contributed by atoms with Crippen LogP contribution in [0.1, 0.15) is 35.6 Å². The Bertz CT molecular complexity index is 814. The Morgan fingerprint density at radius 1 is 1.39 bits per heavy atom. The summed E-state index contributed by atoms with van der Waals surface area (Å²) in [4.78, 5) is 26.5. The van der Waals surface area contributed by atoms with E-state index in [-0.39, 0.29) is 11.6 Å². The van der Waals surface area contributed by atoms with E-state index in [4.69, 9.17) is 0 Å². The van der Waals surface area contributed by atoms with Crippen LogP contribution in [0.15, 0.2) is 30.1 Å². The number of carbonyl (C=O) groups excluding carboxylic acids is 1. The van der Waals surface area contributed by atoms with Gasteiger partial charge in [0.1, 0.15) is 5.65 Å². The van der Waals surface area contributed by atoms with E-state index in [0.717, 1.165) is 6.29 Å². The first kappa shape index (κ1) is 16.9. The SMILES string of the molecule is C=CCn1c(C=O)c(CN(C)C(C)C)c(=O)n2nc(C=C)cc12. The molecule has 0 amide bonds. The van der Waals surface area contributed by atoms with Crippen molar-refractivity contribution in [1.82, 2.24) is 19.1 Å². The van der Waals surface area contributed by atoms with E-state index < -0.39 is 0 Å². The first-order valence-corrected chi connectivity index (χ1v) is 7.48. The van der Waals surface area contributed by atoms with Gasteiger partial charge in [0.2, 0.25) is 0 Å². The smallest absolute Gasteiger partial charge is 0.279 e. The lowest BCUT2D eigenvalue weighted by Gasteiger charge is -2.22. The van der Waals surface area contributed by atoms with Crippen molar-refractivity contribution in [1.29, 1.82) is 0 Å². The Hall–Kier alpha value is -2.47. The molecule has 0 aromatic carbocycles. The molecule has 0 N–H and O–H groups in total. The van der Waals surface area contributed by atoms with Crippen LogP contribution in [-0.4, -0.2) is 38.5 Å². The van der Waals surface area contributed by atoms with Gasteiger partial charge in [-0.1, -0.05) is 12.7 Å². The van der Waals surface area contributed by atoms with E-state index in [1.54, 1.807) is 22.8 Å². The highest BCUT2D eigenvalue weighted by molar-refractivity contribution is 5.76. The molecule has 6 heteroatoms. The van der Waals surface area contributed by atoms with Crippen LogP contribution in [0.5, 0.6) is 0 Å². The summed E-state index contributed by atoms with van der Waals surface area (Å²) in [5.74, 6) is 0. The van der Waals surface area contributed by atoms with Crippen molar-refractivity contribution in [3.63, 3.8) is 0 Å². The molecular formula is C17H22N4O2. The Labute approximate surface area is 135 Å². The summed E-state index contributed by atoms with van der Waals surface area (Å²) in [6, 6.07) is 1.99. The number of aromatic nitrogens is 3. The molecule has 122 valence electrons. The summed E-state index contributed by atoms with van der Waals surface area (Å²) in [7, 11) is 1.92. The molecule has 0 unspecified atom stereocenters. The van der Waals surface area contributed by atoms with Crippen molar-refractivity contribution in [3.05, 3.63) is 52.6 Å². The van der Waals surface area contributed by atoms with Crippen LogP contribution in [0.2, 0.25) is 0 Å². The fraction of sp³-hybridized carbons (Fsp3) is 0.353. The van der Waals surface area contributed by atoms with E-state index >= 15 is 0 Å². The lowest BCUT2D eigenvalue weighted by atomic mass is 10.2. The number of nitrogens with zero attached hydrogens (tertiary/aromatic N) is 4. The highest BCUT2D eigenvalue weighted by atomic mass is 16.1. The average Bonchev–Trinajstić information content (AvgIpc) is 2.96. The summed E-state index contributed by atoms with van der Waals surface area (Å²) in [6.45, 7) is 12.3. The first-order valence-electron chi connectivity index (χ1n) is 7.48. The lowest BCUT2D eigenvalue weighted by molar-refractivity contribution is 0.111. The Morgan fingerprint density at radius 2 is 2.09 bits per heavy atom. The zero-order valence-electron chi connectivity index (χ0n) is 13.8. The van der Waals surface area contributed by atoms with Gasteiger partial charge >= 0.3 is 0 Å². The quantitative estimate of drug-likeness (QED) is 0.579. The van der Waals surface area contributed by atoms with Gasteiger partial charge in [-0.15, -0.1) is 6.58 Å². The summed E-state index contributed by atoms with van der Waals surface area (Å²) in [5, 5.41) is 4.26. The van der Waals surface area contributed by atoms with Crippen LogP contribution < -0.4 is 5.56 Å². The molecule has 0 aliphatic carbocycles. The molecule has 0 aliphatic rings. The van der Waals surface area contributed by atoms with E-state index in [0.29, 0.717) is 35.7 Å². The van der Waals surface area contributed by atoms with Crippen molar-refractivity contribution in [2.45, 2.75) is 33.0 Å². The number of aldehydes is 1. The molecular weight excluding hydrogens is 292 g/mol. The van der Waals surface area contributed by atoms with Crippen LogP contribution >= 0.6 is 0 Å². The van der Waals surface area contributed by atoms with Gasteiger partial charge in [-0.2, -0.15) is 9.61 Å². The molecule has 0 saturated carbocycles. The van der Waals surface area contributed by atoms with E-state index in [2.05, 4.69) is 18.3 Å². The highest BCUT2D eigenvalue weighted by Gasteiger charge is 2.19. The summed E-state index contributed by atoms with van der Waals surface area (Å²) < 4.78 is 3.09. The molecule has 6 nitrogen and oxygen atoms in total. The fourth-order valence-corrected chi connectivity index (χ4v) is 2.39. The third-order valence-electron chi connectivity index (χ3n) is 3.96. The van der Waals surface area contributed by atoms with Gasteiger partial charge < -0.3 is 4.57 Å². The van der Waals surface area contributed by atoms with Crippen molar-refractivity contribution < 1.29 is 4.79 Å². The Morgan fingerprint density at radius 3 is 2.61 bits per heavy atom. The van der Waals surface area contributed by atoms with Crippen LogP contribution in [0.3, 0.4) is 0 Å². The summed E-state index contributed by atoms with van der Waals surface area (Å²) in [5.41, 5.74) is 1.67. The third-order valence-corrected chi connectivity index (χ3v) is 3.96. The maximum Gasteiger partial charge on any atom is 0.279 e. The van der Waals surface area contributed by atoms with E-state index in [1.165, 1.54) is 4.52 Å². The van der Waals surface area contributed by atoms with Gasteiger partial charge in [0.15, 0.2) is 6.29 Å². The summed E-state index contributed by atoms with van der Waals surface area (Å²) in [6.07, 6.45) is 3.99.